The summed E-state index contributed by atoms with van der Waals surface area (Å²) < 4.78 is 14.4. The summed E-state index contributed by atoms with van der Waals surface area (Å²) in [5.74, 6) is -1.52. The zero-order valence-corrected chi connectivity index (χ0v) is 20.8. The zero-order valence-electron chi connectivity index (χ0n) is 20.8. The lowest BCUT2D eigenvalue weighted by Gasteiger charge is -2.24. The van der Waals surface area contributed by atoms with Crippen molar-refractivity contribution in [3.63, 3.8) is 0 Å². The van der Waals surface area contributed by atoms with Gasteiger partial charge in [0.15, 0.2) is 0 Å². The summed E-state index contributed by atoms with van der Waals surface area (Å²) in [4.78, 5) is 31.6. The van der Waals surface area contributed by atoms with Crippen LogP contribution in [0.4, 0.5) is 4.39 Å². The standard InChI is InChI=1S/C30H28FN3O3/c1-18-12-22(14-23(31)13-18)26-16-33-27-10-9-21(19-5-7-20(8-6-19)30(36)37)15-25(27)28(26)29(35)34(2)17-24-4-3-11-32-24/h5-10,12-16,24,32H,3-4,11,17H2,1-2H3,(H,36,37)/t24-/m0/s1. The smallest absolute Gasteiger partial charge is 0.335 e. The van der Waals surface area contributed by atoms with Gasteiger partial charge in [-0.05, 0) is 85.0 Å². The Bertz CT molecular complexity index is 1470. The molecule has 1 atom stereocenters. The van der Waals surface area contributed by atoms with Crippen LogP contribution in [0.1, 0.15) is 39.1 Å². The molecule has 37 heavy (non-hydrogen) atoms. The van der Waals surface area contributed by atoms with Crippen LogP contribution in [-0.4, -0.2) is 53.0 Å². The largest absolute Gasteiger partial charge is 0.478 e. The average molecular weight is 498 g/mol. The number of aromatic carboxylic acids is 1. The van der Waals surface area contributed by atoms with Gasteiger partial charge in [-0.3, -0.25) is 9.78 Å². The van der Waals surface area contributed by atoms with Crippen molar-refractivity contribution in [2.24, 2.45) is 0 Å². The Hall–Kier alpha value is -4.10. The zero-order chi connectivity index (χ0) is 26.1. The van der Waals surface area contributed by atoms with Crippen LogP contribution >= 0.6 is 0 Å². The minimum Gasteiger partial charge on any atom is -0.478 e. The fourth-order valence-electron chi connectivity index (χ4n) is 5.04. The number of pyridine rings is 1. The van der Waals surface area contributed by atoms with Gasteiger partial charge in [-0.2, -0.15) is 0 Å². The number of nitrogens with zero attached hydrogens (tertiary/aromatic N) is 2. The molecule has 1 aliphatic rings. The number of carbonyl (C=O) groups is 2. The highest BCUT2D eigenvalue weighted by Gasteiger charge is 2.25. The second-order valence-electron chi connectivity index (χ2n) is 9.66. The van der Waals surface area contributed by atoms with E-state index in [1.54, 1.807) is 42.4 Å². The first-order valence-corrected chi connectivity index (χ1v) is 12.3. The van der Waals surface area contributed by atoms with Crippen molar-refractivity contribution < 1.29 is 19.1 Å². The molecule has 7 heteroatoms. The molecular formula is C30H28FN3O3. The van der Waals surface area contributed by atoms with Crippen molar-refractivity contribution in [1.82, 2.24) is 15.2 Å². The number of fused-ring (bicyclic) bond motifs is 1. The summed E-state index contributed by atoms with van der Waals surface area (Å²) in [5.41, 5.74) is 4.90. The summed E-state index contributed by atoms with van der Waals surface area (Å²) in [7, 11) is 1.80. The van der Waals surface area contributed by atoms with Crippen LogP contribution in [0.15, 0.2) is 66.9 Å². The van der Waals surface area contributed by atoms with Crippen molar-refractivity contribution in [2.45, 2.75) is 25.8 Å². The lowest BCUT2D eigenvalue weighted by atomic mass is 9.93. The third kappa shape index (κ3) is 5.08. The van der Waals surface area contributed by atoms with Crippen LogP contribution in [0.25, 0.3) is 33.2 Å². The molecule has 5 rings (SSSR count). The number of aryl methyl sites for hydroxylation is 1. The number of carboxylic acid groups (broad SMARTS) is 1. The Morgan fingerprint density at radius 2 is 1.81 bits per heavy atom. The summed E-state index contributed by atoms with van der Waals surface area (Å²) in [6.45, 7) is 3.34. The van der Waals surface area contributed by atoms with Crippen molar-refractivity contribution in [1.29, 1.82) is 0 Å². The maximum Gasteiger partial charge on any atom is 0.335 e. The number of carbonyl (C=O) groups excluding carboxylic acids is 1. The van der Waals surface area contributed by atoms with Crippen LogP contribution in [0.5, 0.6) is 0 Å². The first-order chi connectivity index (χ1) is 17.8. The van der Waals surface area contributed by atoms with Crippen molar-refractivity contribution >= 4 is 22.8 Å². The Balaban J connectivity index is 1.66. The number of carboxylic acids is 1. The molecule has 0 bridgehead atoms. The number of hydrogen-bond donors (Lipinski definition) is 2. The number of hydrogen-bond acceptors (Lipinski definition) is 4. The second kappa shape index (κ2) is 10.1. The molecule has 0 unspecified atom stereocenters. The highest BCUT2D eigenvalue weighted by Crippen LogP contribution is 2.34. The highest BCUT2D eigenvalue weighted by atomic mass is 19.1. The van der Waals surface area contributed by atoms with Gasteiger partial charge in [-0.25, -0.2) is 9.18 Å². The van der Waals surface area contributed by atoms with Crippen molar-refractivity contribution in [3.05, 3.63) is 89.4 Å². The molecular weight excluding hydrogens is 469 g/mol. The summed E-state index contributed by atoms with van der Waals surface area (Å²) in [6.07, 6.45) is 3.75. The Labute approximate surface area is 214 Å². The molecule has 0 radical (unpaired) electrons. The van der Waals surface area contributed by atoms with E-state index in [0.29, 0.717) is 34.1 Å². The van der Waals surface area contributed by atoms with E-state index >= 15 is 0 Å². The third-order valence-corrected chi connectivity index (χ3v) is 6.90. The molecule has 3 aromatic carbocycles. The predicted molar refractivity (Wildman–Crippen MR) is 142 cm³/mol. The minimum atomic E-state index is -0.989. The normalized spacial score (nSPS) is 15.2. The van der Waals surface area contributed by atoms with E-state index in [1.165, 1.54) is 12.1 Å². The third-order valence-electron chi connectivity index (χ3n) is 6.90. The van der Waals surface area contributed by atoms with E-state index in [-0.39, 0.29) is 23.3 Å². The van der Waals surface area contributed by atoms with Crippen LogP contribution in [0, 0.1) is 12.7 Å². The number of rotatable bonds is 6. The molecule has 6 nitrogen and oxygen atoms in total. The van der Waals surface area contributed by atoms with Crippen LogP contribution in [-0.2, 0) is 0 Å². The maximum absolute atomic E-state index is 14.4. The van der Waals surface area contributed by atoms with E-state index in [1.807, 2.05) is 31.2 Å². The molecule has 1 aromatic heterocycles. The molecule has 188 valence electrons. The van der Waals surface area contributed by atoms with E-state index in [0.717, 1.165) is 36.1 Å². The molecule has 1 fully saturated rings. The first-order valence-electron chi connectivity index (χ1n) is 12.3. The molecule has 0 spiro atoms. The number of aromatic nitrogens is 1. The van der Waals surface area contributed by atoms with Gasteiger partial charge in [0.2, 0.25) is 0 Å². The fourth-order valence-corrected chi connectivity index (χ4v) is 5.04. The molecule has 1 saturated heterocycles. The molecule has 2 N–H and O–H groups in total. The van der Waals surface area contributed by atoms with Gasteiger partial charge in [0.1, 0.15) is 5.82 Å². The number of benzene rings is 3. The summed E-state index contributed by atoms with van der Waals surface area (Å²) in [5, 5.41) is 13.3. The van der Waals surface area contributed by atoms with E-state index in [2.05, 4.69) is 10.3 Å². The summed E-state index contributed by atoms with van der Waals surface area (Å²) in [6, 6.07) is 17.2. The number of nitrogens with one attached hydrogen (secondary N) is 1. The van der Waals surface area contributed by atoms with Gasteiger partial charge >= 0.3 is 5.97 Å². The van der Waals surface area contributed by atoms with Crippen LogP contribution in [0.3, 0.4) is 0 Å². The van der Waals surface area contributed by atoms with Crippen LogP contribution < -0.4 is 5.32 Å². The van der Waals surface area contributed by atoms with Gasteiger partial charge < -0.3 is 15.3 Å². The molecule has 0 aliphatic carbocycles. The monoisotopic (exact) mass is 497 g/mol. The van der Waals surface area contributed by atoms with Gasteiger partial charge in [-0.15, -0.1) is 0 Å². The van der Waals surface area contributed by atoms with Crippen LogP contribution in [0.2, 0.25) is 0 Å². The fraction of sp³-hybridized carbons (Fsp3) is 0.233. The predicted octanol–water partition coefficient (Wildman–Crippen LogP) is 5.54. The second-order valence-corrected chi connectivity index (χ2v) is 9.66. The lowest BCUT2D eigenvalue weighted by molar-refractivity contribution is 0.0696. The Morgan fingerprint density at radius 1 is 1.05 bits per heavy atom. The SMILES string of the molecule is Cc1cc(F)cc(-c2cnc3ccc(-c4ccc(C(=O)O)cc4)cc3c2C(=O)N(C)C[C@@H]2CCCN2)c1. The molecule has 2 heterocycles. The van der Waals surface area contributed by atoms with Crippen molar-refractivity contribution in [3.8, 4) is 22.3 Å². The quantitative estimate of drug-likeness (QED) is 0.366. The van der Waals surface area contributed by atoms with Gasteiger partial charge in [0, 0.05) is 36.8 Å². The van der Waals surface area contributed by atoms with E-state index < -0.39 is 5.97 Å². The van der Waals surface area contributed by atoms with E-state index in [4.69, 9.17) is 0 Å². The number of likely N-dealkylation sites (N-methyl/N-ethyl adjacent to an activating group) is 1. The summed E-state index contributed by atoms with van der Waals surface area (Å²) >= 11 is 0. The number of halogens is 1. The average Bonchev–Trinajstić information content (AvgIpc) is 3.39. The van der Waals surface area contributed by atoms with Gasteiger partial charge in [0.25, 0.3) is 5.91 Å². The van der Waals surface area contributed by atoms with E-state index in [9.17, 15) is 19.1 Å². The molecule has 0 saturated carbocycles. The van der Waals surface area contributed by atoms with Crippen molar-refractivity contribution in [2.75, 3.05) is 20.1 Å². The maximum atomic E-state index is 14.4. The Kier molecular flexibility index (Phi) is 6.72. The minimum absolute atomic E-state index is 0.156. The topological polar surface area (TPSA) is 82.5 Å². The first kappa shape index (κ1) is 24.6. The number of amides is 1. The lowest BCUT2D eigenvalue weighted by Crippen LogP contribution is -2.38. The molecule has 4 aromatic rings. The molecule has 1 aliphatic heterocycles. The molecule has 1 amide bonds. The Morgan fingerprint density at radius 3 is 2.49 bits per heavy atom. The van der Waals surface area contributed by atoms with Gasteiger partial charge in [-0.1, -0.05) is 24.3 Å². The highest BCUT2D eigenvalue weighted by molar-refractivity contribution is 6.12. The van der Waals surface area contributed by atoms with Gasteiger partial charge in [0.05, 0.1) is 16.6 Å².